The van der Waals surface area contributed by atoms with Gasteiger partial charge in [0.05, 0.1) is 11.7 Å². The maximum atomic E-state index is 13.3. The Morgan fingerprint density at radius 1 is 1.16 bits per heavy atom. The molecule has 1 unspecified atom stereocenters. The lowest BCUT2D eigenvalue weighted by Gasteiger charge is -2.32. The van der Waals surface area contributed by atoms with E-state index in [2.05, 4.69) is 15.9 Å². The van der Waals surface area contributed by atoms with Gasteiger partial charge in [-0.15, -0.1) is 0 Å². The van der Waals surface area contributed by atoms with Crippen molar-refractivity contribution in [2.75, 3.05) is 0 Å². The molecule has 0 heterocycles. The lowest BCUT2D eigenvalue weighted by atomic mass is 9.85. The van der Waals surface area contributed by atoms with Gasteiger partial charge in [0.1, 0.15) is 5.82 Å². The van der Waals surface area contributed by atoms with Gasteiger partial charge in [0, 0.05) is 10.9 Å². The summed E-state index contributed by atoms with van der Waals surface area (Å²) in [5, 5.41) is 20.9. The normalized spacial score (nSPS) is 20.8. The van der Waals surface area contributed by atoms with Crippen LogP contribution >= 0.6 is 15.9 Å². The molecule has 1 aromatic rings. The Bertz CT molecular complexity index is 408. The van der Waals surface area contributed by atoms with E-state index in [4.69, 9.17) is 0 Å². The summed E-state index contributed by atoms with van der Waals surface area (Å²) in [4.78, 5) is 0. The predicted octanol–water partition coefficient (Wildman–Crippen LogP) is 3.58. The van der Waals surface area contributed by atoms with Crippen LogP contribution in [0.3, 0.4) is 0 Å². The van der Waals surface area contributed by atoms with Crippen molar-refractivity contribution in [2.24, 2.45) is 0 Å². The second-order valence-electron chi connectivity index (χ2n) is 5.52. The molecule has 1 aliphatic rings. The van der Waals surface area contributed by atoms with E-state index in [0.717, 1.165) is 25.7 Å². The predicted molar refractivity (Wildman–Crippen MR) is 76.5 cm³/mol. The Labute approximate surface area is 121 Å². The number of aliphatic hydroxyl groups excluding tert-OH is 1. The van der Waals surface area contributed by atoms with Gasteiger partial charge < -0.3 is 10.2 Å². The van der Waals surface area contributed by atoms with Gasteiger partial charge in [-0.1, -0.05) is 41.6 Å². The van der Waals surface area contributed by atoms with E-state index in [9.17, 15) is 14.6 Å². The third-order valence-electron chi connectivity index (χ3n) is 3.94. The van der Waals surface area contributed by atoms with Gasteiger partial charge in [-0.05, 0) is 36.6 Å². The third-order valence-corrected chi connectivity index (χ3v) is 4.40. The van der Waals surface area contributed by atoms with E-state index in [1.807, 2.05) is 0 Å². The van der Waals surface area contributed by atoms with Crippen molar-refractivity contribution >= 4 is 15.9 Å². The van der Waals surface area contributed by atoms with Crippen molar-refractivity contribution in [2.45, 2.75) is 56.7 Å². The lowest BCUT2D eigenvalue weighted by molar-refractivity contribution is -0.0836. The minimum atomic E-state index is -1.02. The highest BCUT2D eigenvalue weighted by Crippen LogP contribution is 2.31. The highest BCUT2D eigenvalue weighted by atomic mass is 79.9. The van der Waals surface area contributed by atoms with Crippen LogP contribution in [0.4, 0.5) is 4.39 Å². The monoisotopic (exact) mass is 330 g/mol. The molecule has 0 saturated heterocycles. The van der Waals surface area contributed by atoms with E-state index in [-0.39, 0.29) is 12.2 Å². The maximum Gasteiger partial charge on any atom is 0.124 e. The summed E-state index contributed by atoms with van der Waals surface area (Å²) in [6.45, 7) is 0. The summed E-state index contributed by atoms with van der Waals surface area (Å²) in [5.41, 5.74) is -0.313. The molecule has 2 nitrogen and oxygen atoms in total. The lowest BCUT2D eigenvalue weighted by Crippen LogP contribution is -2.43. The van der Waals surface area contributed by atoms with Crippen LogP contribution in [0.5, 0.6) is 0 Å². The van der Waals surface area contributed by atoms with Gasteiger partial charge >= 0.3 is 0 Å². The molecular weight excluding hydrogens is 311 g/mol. The number of hydrogen-bond acceptors (Lipinski definition) is 2. The Morgan fingerprint density at radius 2 is 1.79 bits per heavy atom. The first-order valence-electron chi connectivity index (χ1n) is 6.85. The van der Waals surface area contributed by atoms with Gasteiger partial charge in [-0.2, -0.15) is 0 Å². The molecule has 0 bridgehead atoms. The molecule has 0 aromatic heterocycles. The third kappa shape index (κ3) is 4.01. The molecule has 106 valence electrons. The molecule has 1 aromatic carbocycles. The molecule has 0 aliphatic heterocycles. The molecule has 0 spiro atoms. The molecule has 1 saturated carbocycles. The minimum absolute atomic E-state index is 0.285. The Balaban J connectivity index is 2.08. The summed E-state index contributed by atoms with van der Waals surface area (Å²) < 4.78 is 14.0. The van der Waals surface area contributed by atoms with Gasteiger partial charge in [0.2, 0.25) is 0 Å². The van der Waals surface area contributed by atoms with E-state index in [1.165, 1.54) is 12.1 Å². The topological polar surface area (TPSA) is 40.5 Å². The molecule has 0 radical (unpaired) electrons. The molecule has 4 heteroatoms. The van der Waals surface area contributed by atoms with Crippen molar-refractivity contribution in [1.29, 1.82) is 0 Å². The largest absolute Gasteiger partial charge is 0.390 e. The second-order valence-corrected chi connectivity index (χ2v) is 6.43. The highest BCUT2D eigenvalue weighted by molar-refractivity contribution is 9.10. The Hall–Kier alpha value is -0.450. The summed E-state index contributed by atoms with van der Waals surface area (Å²) in [7, 11) is 0. The summed E-state index contributed by atoms with van der Waals surface area (Å²) in [5.74, 6) is -0.329. The van der Waals surface area contributed by atoms with E-state index >= 15 is 0 Å². The smallest absolute Gasteiger partial charge is 0.124 e. The summed E-state index contributed by atoms with van der Waals surface area (Å²) in [6.07, 6.45) is 4.82. The average molecular weight is 331 g/mol. The van der Waals surface area contributed by atoms with Gasteiger partial charge in [-0.3, -0.25) is 0 Å². The number of aliphatic hydroxyl groups is 2. The first-order chi connectivity index (χ1) is 8.99. The molecule has 2 rings (SSSR count). The number of halogens is 2. The quantitative estimate of drug-likeness (QED) is 0.831. The Morgan fingerprint density at radius 3 is 2.37 bits per heavy atom. The van der Waals surface area contributed by atoms with Gasteiger partial charge in [-0.25, -0.2) is 4.39 Å². The van der Waals surface area contributed by atoms with Crippen LogP contribution in [0.1, 0.15) is 44.1 Å². The van der Waals surface area contributed by atoms with Crippen LogP contribution in [0.2, 0.25) is 0 Å². The standard InChI is InChI=1S/C15H20BrFO2/c16-12-7-11(8-13(17)10-12)9-14(18)15(19)5-3-1-2-4-6-15/h7-8,10,14,18-19H,1-6,9H2. The first-order valence-corrected chi connectivity index (χ1v) is 7.64. The van der Waals surface area contributed by atoms with Crippen LogP contribution in [0, 0.1) is 5.82 Å². The summed E-state index contributed by atoms with van der Waals surface area (Å²) >= 11 is 3.24. The Kier molecular flexibility index (Phi) is 4.98. The van der Waals surface area contributed by atoms with E-state index < -0.39 is 11.7 Å². The van der Waals surface area contributed by atoms with Crippen LogP contribution in [-0.4, -0.2) is 21.9 Å². The van der Waals surface area contributed by atoms with Crippen molar-refractivity contribution in [3.63, 3.8) is 0 Å². The fraction of sp³-hybridized carbons (Fsp3) is 0.600. The maximum absolute atomic E-state index is 13.3. The van der Waals surface area contributed by atoms with Crippen molar-refractivity contribution in [3.05, 3.63) is 34.1 Å². The molecule has 1 atom stereocenters. The average Bonchev–Trinajstić information content (AvgIpc) is 2.53. The fourth-order valence-corrected chi connectivity index (χ4v) is 3.33. The van der Waals surface area contributed by atoms with Crippen molar-refractivity contribution in [1.82, 2.24) is 0 Å². The molecule has 1 fully saturated rings. The number of benzene rings is 1. The molecule has 19 heavy (non-hydrogen) atoms. The van der Waals surface area contributed by atoms with Gasteiger partial charge in [0.15, 0.2) is 0 Å². The summed E-state index contributed by atoms with van der Waals surface area (Å²) in [6, 6.07) is 4.58. The SMILES string of the molecule is OC(Cc1cc(F)cc(Br)c1)C1(O)CCCCCC1. The van der Waals surface area contributed by atoms with Crippen LogP contribution < -0.4 is 0 Å². The zero-order valence-electron chi connectivity index (χ0n) is 10.9. The molecule has 1 aliphatic carbocycles. The zero-order chi connectivity index (χ0) is 13.9. The molecule has 2 N–H and O–H groups in total. The van der Waals surface area contributed by atoms with Gasteiger partial charge in [0.25, 0.3) is 0 Å². The zero-order valence-corrected chi connectivity index (χ0v) is 12.5. The number of hydrogen-bond donors (Lipinski definition) is 2. The fourth-order valence-electron chi connectivity index (χ4n) is 2.82. The van der Waals surface area contributed by atoms with Crippen molar-refractivity contribution in [3.8, 4) is 0 Å². The minimum Gasteiger partial charge on any atom is -0.390 e. The van der Waals surface area contributed by atoms with Crippen molar-refractivity contribution < 1.29 is 14.6 Å². The second kappa shape index (κ2) is 6.33. The molecule has 0 amide bonds. The number of rotatable bonds is 3. The van der Waals surface area contributed by atoms with Crippen LogP contribution in [0.15, 0.2) is 22.7 Å². The van der Waals surface area contributed by atoms with E-state index in [0.29, 0.717) is 22.9 Å². The molecular formula is C15H20BrFO2. The van der Waals surface area contributed by atoms with Crippen LogP contribution in [-0.2, 0) is 6.42 Å². The van der Waals surface area contributed by atoms with E-state index in [1.54, 1.807) is 6.07 Å². The first kappa shape index (κ1) is 14.9. The highest BCUT2D eigenvalue weighted by Gasteiger charge is 2.35. The van der Waals surface area contributed by atoms with Crippen LogP contribution in [0.25, 0.3) is 0 Å².